The van der Waals surface area contributed by atoms with Gasteiger partial charge in [-0.2, -0.15) is 0 Å². The lowest BCUT2D eigenvalue weighted by Gasteiger charge is -2.11. The molecule has 70 heavy (non-hydrogen) atoms. The van der Waals surface area contributed by atoms with E-state index in [1.165, 1.54) is 54.7 Å². The quantitative estimate of drug-likeness (QED) is 0.167. The van der Waals surface area contributed by atoms with Gasteiger partial charge in [-0.3, -0.25) is 14.5 Å². The van der Waals surface area contributed by atoms with Gasteiger partial charge < -0.3 is 13.7 Å². The van der Waals surface area contributed by atoms with Crippen LogP contribution in [0, 0.1) is 0 Å². The summed E-state index contributed by atoms with van der Waals surface area (Å²) in [5, 5.41) is 9.38. The first-order valence-corrected chi connectivity index (χ1v) is 23.6. The maximum atomic E-state index is 5.21. The Morgan fingerprint density at radius 1 is 0.243 bits per heavy atom. The van der Waals surface area contributed by atoms with Gasteiger partial charge in [-0.05, 0) is 131 Å². The molecule has 7 nitrogen and oxygen atoms in total. The number of para-hydroxylation sites is 4. The van der Waals surface area contributed by atoms with Crippen molar-refractivity contribution in [2.45, 2.75) is 0 Å². The van der Waals surface area contributed by atoms with Crippen molar-refractivity contribution in [3.63, 3.8) is 0 Å². The van der Waals surface area contributed by atoms with Crippen LogP contribution in [0.4, 0.5) is 0 Å². The summed E-state index contributed by atoms with van der Waals surface area (Å²) in [4.78, 5) is 14.4. The van der Waals surface area contributed by atoms with Crippen LogP contribution in [0.1, 0.15) is 0 Å². The van der Waals surface area contributed by atoms with Gasteiger partial charge in [0.1, 0.15) is 5.82 Å². The third kappa shape index (κ3) is 5.66. The molecule has 0 aliphatic carbocycles. The third-order valence-corrected chi connectivity index (χ3v) is 14.4. The van der Waals surface area contributed by atoms with Gasteiger partial charge >= 0.3 is 0 Å². The van der Waals surface area contributed by atoms with Crippen LogP contribution in [0.25, 0.3) is 132 Å². The van der Waals surface area contributed by atoms with Crippen LogP contribution in [-0.4, -0.2) is 33.2 Å². The number of benzene rings is 8. The highest BCUT2D eigenvalue weighted by atomic mass is 15.1. The molecule has 0 aliphatic heterocycles. The lowest BCUT2D eigenvalue weighted by Crippen LogP contribution is -2.00. The van der Waals surface area contributed by atoms with E-state index in [1.807, 2.05) is 31.0 Å². The minimum absolute atomic E-state index is 0.839. The summed E-state index contributed by atoms with van der Waals surface area (Å²) in [6.45, 7) is 0. The SMILES string of the molecule is c1ccc(-n2c3ccccc3c3cc(-c4ccc5c(c4)c4cnccc4n5-c4ccc(-n5c6ccncc6c6cc(-c7ccc8c(c7)c7ccccc7n8-c7ccccc7)ccc65)nc4)ccc32)cc1. The van der Waals surface area contributed by atoms with Crippen molar-refractivity contribution >= 4 is 87.2 Å². The molecule has 326 valence electrons. The molecule has 0 atom stereocenters. The van der Waals surface area contributed by atoms with Crippen LogP contribution in [0.3, 0.4) is 0 Å². The molecule has 0 spiro atoms. The predicted octanol–water partition coefficient (Wildman–Crippen LogP) is 15.6. The Kier molecular flexibility index (Phi) is 8.23. The van der Waals surface area contributed by atoms with E-state index < -0.39 is 0 Å². The lowest BCUT2D eigenvalue weighted by molar-refractivity contribution is 1.05. The van der Waals surface area contributed by atoms with E-state index in [1.54, 1.807) is 0 Å². The van der Waals surface area contributed by atoms with Crippen molar-refractivity contribution in [1.29, 1.82) is 0 Å². The second-order valence-electron chi connectivity index (χ2n) is 18.1. The molecule has 0 amide bonds. The van der Waals surface area contributed by atoms with Crippen molar-refractivity contribution in [3.8, 4) is 45.1 Å². The van der Waals surface area contributed by atoms with Gasteiger partial charge in [0.15, 0.2) is 0 Å². The zero-order valence-corrected chi connectivity index (χ0v) is 37.6. The van der Waals surface area contributed by atoms with Gasteiger partial charge in [0, 0.05) is 79.3 Å². The first kappa shape index (κ1) is 38.5. The summed E-state index contributed by atoms with van der Waals surface area (Å²) in [6.07, 6.45) is 9.69. The number of fused-ring (bicyclic) bond motifs is 12. The van der Waals surface area contributed by atoms with E-state index in [0.717, 1.165) is 77.6 Å². The second-order valence-corrected chi connectivity index (χ2v) is 18.1. The Bertz CT molecular complexity index is 4280. The van der Waals surface area contributed by atoms with Crippen LogP contribution in [-0.2, 0) is 0 Å². The maximum Gasteiger partial charge on any atom is 0.137 e. The van der Waals surface area contributed by atoms with Gasteiger partial charge in [0.25, 0.3) is 0 Å². The van der Waals surface area contributed by atoms with E-state index in [2.05, 4.69) is 234 Å². The van der Waals surface area contributed by atoms with Crippen LogP contribution >= 0.6 is 0 Å². The lowest BCUT2D eigenvalue weighted by atomic mass is 10.0. The van der Waals surface area contributed by atoms with E-state index in [9.17, 15) is 0 Å². The third-order valence-electron chi connectivity index (χ3n) is 14.4. The first-order valence-electron chi connectivity index (χ1n) is 23.6. The molecule has 0 N–H and O–H groups in total. The molecule has 7 heterocycles. The van der Waals surface area contributed by atoms with Crippen LogP contribution in [0.2, 0.25) is 0 Å². The Labute approximate surface area is 401 Å². The fraction of sp³-hybridized carbons (Fsp3) is 0. The van der Waals surface area contributed by atoms with E-state index in [0.29, 0.717) is 0 Å². The smallest absolute Gasteiger partial charge is 0.137 e. The topological polar surface area (TPSA) is 58.4 Å². The van der Waals surface area contributed by atoms with Gasteiger partial charge in [-0.25, -0.2) is 4.98 Å². The van der Waals surface area contributed by atoms with Gasteiger partial charge in [-0.1, -0.05) is 97.1 Å². The summed E-state index contributed by atoms with van der Waals surface area (Å²) in [5.74, 6) is 0.839. The van der Waals surface area contributed by atoms with Gasteiger partial charge in [-0.15, -0.1) is 0 Å². The zero-order valence-electron chi connectivity index (χ0n) is 37.6. The maximum absolute atomic E-state index is 5.21. The molecule has 15 rings (SSSR count). The molecular formula is C63H39N7. The highest BCUT2D eigenvalue weighted by molar-refractivity contribution is 6.14. The molecular weight excluding hydrogens is 855 g/mol. The number of hydrogen-bond donors (Lipinski definition) is 0. The summed E-state index contributed by atoms with van der Waals surface area (Å²) in [6, 6.07) is 74.4. The molecule has 7 heteroatoms. The van der Waals surface area contributed by atoms with E-state index in [4.69, 9.17) is 4.98 Å². The average Bonchev–Trinajstić information content (AvgIpc) is 4.16. The summed E-state index contributed by atoms with van der Waals surface area (Å²) < 4.78 is 9.28. The number of pyridine rings is 3. The van der Waals surface area contributed by atoms with Crippen molar-refractivity contribution in [1.82, 2.24) is 33.2 Å². The minimum Gasteiger partial charge on any atom is -0.309 e. The highest BCUT2D eigenvalue weighted by Gasteiger charge is 2.20. The Hall–Kier alpha value is -9.59. The van der Waals surface area contributed by atoms with Crippen molar-refractivity contribution < 1.29 is 0 Å². The number of nitrogens with zero attached hydrogens (tertiary/aromatic N) is 7. The average molecular weight is 894 g/mol. The highest BCUT2D eigenvalue weighted by Crippen LogP contribution is 2.41. The molecule has 0 unspecified atom stereocenters. The summed E-state index contributed by atoms with van der Waals surface area (Å²) in [5.41, 5.74) is 17.0. The zero-order chi connectivity index (χ0) is 45.9. The number of aromatic nitrogens is 7. The van der Waals surface area contributed by atoms with Crippen LogP contribution < -0.4 is 0 Å². The molecule has 7 aromatic heterocycles. The molecule has 0 saturated heterocycles. The normalized spacial score (nSPS) is 12.0. The van der Waals surface area contributed by atoms with Crippen LogP contribution in [0.15, 0.2) is 237 Å². The van der Waals surface area contributed by atoms with Gasteiger partial charge in [0.2, 0.25) is 0 Å². The number of rotatable bonds is 6. The summed E-state index contributed by atoms with van der Waals surface area (Å²) >= 11 is 0. The van der Waals surface area contributed by atoms with Crippen molar-refractivity contribution in [3.05, 3.63) is 237 Å². The molecule has 0 radical (unpaired) electrons. The van der Waals surface area contributed by atoms with Crippen LogP contribution in [0.5, 0.6) is 0 Å². The van der Waals surface area contributed by atoms with Crippen molar-refractivity contribution in [2.75, 3.05) is 0 Å². The molecule has 0 saturated carbocycles. The molecule has 0 fully saturated rings. The molecule has 15 aromatic rings. The van der Waals surface area contributed by atoms with Crippen molar-refractivity contribution in [2.24, 2.45) is 0 Å². The fourth-order valence-corrected chi connectivity index (χ4v) is 11.3. The number of hydrogen-bond acceptors (Lipinski definition) is 3. The molecule has 0 bridgehead atoms. The first-order chi connectivity index (χ1) is 34.7. The Balaban J connectivity index is 0.813. The molecule has 8 aromatic carbocycles. The predicted molar refractivity (Wildman–Crippen MR) is 288 cm³/mol. The molecule has 0 aliphatic rings. The van der Waals surface area contributed by atoms with E-state index >= 15 is 0 Å². The second kappa shape index (κ2) is 15.0. The summed E-state index contributed by atoms with van der Waals surface area (Å²) in [7, 11) is 0. The van der Waals surface area contributed by atoms with E-state index in [-0.39, 0.29) is 0 Å². The van der Waals surface area contributed by atoms with Gasteiger partial charge in [0.05, 0.1) is 56.0 Å². The minimum atomic E-state index is 0.839. The Morgan fingerprint density at radius 2 is 0.614 bits per heavy atom. The standard InChI is InChI=1S/C63H39N7/c1-3-11-44(12-4-1)67-55-17-9-7-15-47(55)49-33-40(19-24-57(49)67)42-21-26-59-51(35-42)53-38-64-31-29-61(53)69(59)46-23-28-63(66-37-46)70-60-27-22-43(36-52(60)54-39-65-32-30-62(54)70)41-20-25-58-50(34-41)48-16-8-10-18-56(48)68(58)45-13-5-2-6-14-45/h1-39H. The Morgan fingerprint density at radius 3 is 1.07 bits per heavy atom. The monoisotopic (exact) mass is 893 g/mol. The largest absolute Gasteiger partial charge is 0.309 e. The fourth-order valence-electron chi connectivity index (χ4n) is 11.3.